The second kappa shape index (κ2) is 2.13. The maximum Gasteiger partial charge on any atom is 0.261 e. The van der Waals surface area contributed by atoms with Gasteiger partial charge in [0, 0.05) is 10.9 Å². The minimum absolute atomic E-state index is 0.0671. The Morgan fingerprint density at radius 3 is 2.88 bits per heavy atom. The van der Waals surface area contributed by atoms with Crippen LogP contribution in [-0.2, 0) is 6.42 Å². The largest absolute Gasteiger partial charge is 0.278 e. The van der Waals surface area contributed by atoms with E-state index >= 15 is 0 Å². The first-order chi connectivity index (χ1) is 3.84. The molecule has 1 rings (SSSR count). The van der Waals surface area contributed by atoms with Crippen LogP contribution in [0.15, 0.2) is 10.2 Å². The van der Waals surface area contributed by atoms with E-state index in [4.69, 9.17) is 0 Å². The lowest BCUT2D eigenvalue weighted by Gasteiger charge is -1.76. The molecule has 44 valence electrons. The Kier molecular flexibility index (Phi) is 1.48. The molecule has 0 saturated carbocycles. The lowest BCUT2D eigenvalue weighted by molar-refractivity contribution is 1.11. The van der Waals surface area contributed by atoms with E-state index in [2.05, 4.69) is 4.37 Å². The summed E-state index contributed by atoms with van der Waals surface area (Å²) in [5.74, 6) is 0. The molecule has 0 aromatic carbocycles. The highest BCUT2D eigenvalue weighted by molar-refractivity contribution is 7.03. The van der Waals surface area contributed by atoms with E-state index in [1.54, 1.807) is 0 Å². The molecule has 0 unspecified atom stereocenters. The van der Waals surface area contributed by atoms with Crippen LogP contribution in [0.2, 0.25) is 0 Å². The predicted octanol–water partition coefficient (Wildman–Crippen LogP) is 0.999. The van der Waals surface area contributed by atoms with Crippen molar-refractivity contribution in [3.05, 3.63) is 21.3 Å². The second-order valence-corrected chi connectivity index (χ2v) is 2.22. The molecule has 0 bridgehead atoms. The van der Waals surface area contributed by atoms with E-state index in [1.807, 2.05) is 12.3 Å². The summed E-state index contributed by atoms with van der Waals surface area (Å²) in [6.45, 7) is 1.97. The Hall–Kier alpha value is -0.570. The van der Waals surface area contributed by atoms with Crippen molar-refractivity contribution >= 4 is 11.5 Å². The molecule has 1 heterocycles. The standard InChI is InChI=1S/C5H7NOS/c1-2-4-3-8-6-5(4)7/h3H,2H2,1H3,(H,6,7). The zero-order chi connectivity index (χ0) is 5.98. The second-order valence-electron chi connectivity index (χ2n) is 1.55. The molecule has 3 heteroatoms. The maximum absolute atomic E-state index is 10.6. The minimum Gasteiger partial charge on any atom is -0.278 e. The van der Waals surface area contributed by atoms with E-state index in [0.717, 1.165) is 12.0 Å². The number of aromatic nitrogens is 1. The van der Waals surface area contributed by atoms with Crippen LogP contribution in [0.3, 0.4) is 0 Å². The number of aryl methyl sites for hydroxylation is 1. The number of aromatic amines is 1. The first-order valence-electron chi connectivity index (χ1n) is 2.49. The summed E-state index contributed by atoms with van der Waals surface area (Å²) in [7, 11) is 0. The zero-order valence-corrected chi connectivity index (χ0v) is 5.42. The Labute approximate surface area is 51.3 Å². The van der Waals surface area contributed by atoms with Gasteiger partial charge in [-0.1, -0.05) is 18.5 Å². The molecule has 0 saturated heterocycles. The van der Waals surface area contributed by atoms with Crippen molar-refractivity contribution in [3.8, 4) is 0 Å². The first kappa shape index (κ1) is 5.56. The Bertz CT molecular complexity index is 212. The van der Waals surface area contributed by atoms with Gasteiger partial charge in [-0.2, -0.15) is 0 Å². The lowest BCUT2D eigenvalue weighted by atomic mass is 10.3. The van der Waals surface area contributed by atoms with Crippen LogP contribution in [0.25, 0.3) is 0 Å². The highest BCUT2D eigenvalue weighted by atomic mass is 32.1. The highest BCUT2D eigenvalue weighted by Gasteiger charge is 1.93. The van der Waals surface area contributed by atoms with Gasteiger partial charge in [0.15, 0.2) is 0 Å². The number of nitrogens with one attached hydrogen (secondary N) is 1. The first-order valence-corrected chi connectivity index (χ1v) is 3.37. The SMILES string of the molecule is CCc1cs[nH]c1=O. The van der Waals surface area contributed by atoms with E-state index in [9.17, 15) is 4.79 Å². The molecule has 1 aromatic heterocycles. The molecule has 0 atom stereocenters. The molecular formula is C5H7NOS. The molecule has 1 N–H and O–H groups in total. The molecule has 1 aromatic rings. The van der Waals surface area contributed by atoms with Crippen LogP contribution in [0.5, 0.6) is 0 Å². The van der Waals surface area contributed by atoms with Gasteiger partial charge in [0.2, 0.25) is 0 Å². The van der Waals surface area contributed by atoms with Crippen molar-refractivity contribution in [2.75, 3.05) is 0 Å². The maximum atomic E-state index is 10.6. The van der Waals surface area contributed by atoms with Gasteiger partial charge in [0.05, 0.1) is 0 Å². The summed E-state index contributed by atoms with van der Waals surface area (Å²) in [5.41, 5.74) is 0.951. The molecule has 2 nitrogen and oxygen atoms in total. The van der Waals surface area contributed by atoms with Crippen LogP contribution < -0.4 is 5.56 Å². The van der Waals surface area contributed by atoms with Gasteiger partial charge in [-0.05, 0) is 6.42 Å². The fraction of sp³-hybridized carbons (Fsp3) is 0.400. The monoisotopic (exact) mass is 129 g/mol. The van der Waals surface area contributed by atoms with E-state index < -0.39 is 0 Å². The summed E-state index contributed by atoms with van der Waals surface area (Å²) < 4.78 is 2.61. The molecule has 8 heavy (non-hydrogen) atoms. The topological polar surface area (TPSA) is 32.9 Å². The Morgan fingerprint density at radius 1 is 1.88 bits per heavy atom. The summed E-state index contributed by atoms with van der Waals surface area (Å²) in [5, 5.41) is 1.85. The van der Waals surface area contributed by atoms with Crippen molar-refractivity contribution in [2.45, 2.75) is 13.3 Å². The van der Waals surface area contributed by atoms with Crippen LogP contribution in [-0.4, -0.2) is 4.37 Å². The number of H-pyrrole nitrogens is 1. The fourth-order valence-electron chi connectivity index (χ4n) is 0.517. The highest BCUT2D eigenvalue weighted by Crippen LogP contribution is 1.93. The van der Waals surface area contributed by atoms with Crippen molar-refractivity contribution < 1.29 is 0 Å². The van der Waals surface area contributed by atoms with Gasteiger partial charge in [0.25, 0.3) is 5.56 Å². The molecule has 0 amide bonds. The van der Waals surface area contributed by atoms with E-state index in [0.29, 0.717) is 0 Å². The van der Waals surface area contributed by atoms with Crippen molar-refractivity contribution in [1.82, 2.24) is 4.37 Å². The van der Waals surface area contributed by atoms with Crippen LogP contribution >= 0.6 is 11.5 Å². The van der Waals surface area contributed by atoms with Crippen LogP contribution in [0, 0.1) is 0 Å². The average molecular weight is 129 g/mol. The van der Waals surface area contributed by atoms with Gasteiger partial charge < -0.3 is 0 Å². The van der Waals surface area contributed by atoms with Crippen molar-refractivity contribution in [1.29, 1.82) is 0 Å². The van der Waals surface area contributed by atoms with Gasteiger partial charge in [-0.3, -0.25) is 9.17 Å². The minimum atomic E-state index is 0.0671. The molecule has 0 aliphatic heterocycles. The summed E-state index contributed by atoms with van der Waals surface area (Å²) >= 11 is 1.35. The Balaban J connectivity index is 3.11. The molecule has 0 fully saturated rings. The van der Waals surface area contributed by atoms with E-state index in [-0.39, 0.29) is 5.56 Å². The van der Waals surface area contributed by atoms with Crippen LogP contribution in [0.4, 0.5) is 0 Å². The summed E-state index contributed by atoms with van der Waals surface area (Å²) in [4.78, 5) is 10.6. The Morgan fingerprint density at radius 2 is 2.62 bits per heavy atom. The lowest BCUT2D eigenvalue weighted by Crippen LogP contribution is -2.02. The van der Waals surface area contributed by atoms with Gasteiger partial charge >= 0.3 is 0 Å². The average Bonchev–Trinajstić information content (AvgIpc) is 2.14. The zero-order valence-electron chi connectivity index (χ0n) is 4.60. The third kappa shape index (κ3) is 0.816. The van der Waals surface area contributed by atoms with Gasteiger partial charge in [-0.15, -0.1) is 0 Å². The number of rotatable bonds is 1. The quantitative estimate of drug-likeness (QED) is 0.602. The number of hydrogen-bond acceptors (Lipinski definition) is 2. The fourth-order valence-corrected chi connectivity index (χ4v) is 1.23. The predicted molar refractivity (Wildman–Crippen MR) is 34.3 cm³/mol. The summed E-state index contributed by atoms with van der Waals surface area (Å²) in [6, 6.07) is 0. The van der Waals surface area contributed by atoms with Crippen molar-refractivity contribution in [3.63, 3.8) is 0 Å². The van der Waals surface area contributed by atoms with Crippen molar-refractivity contribution in [2.24, 2.45) is 0 Å². The van der Waals surface area contributed by atoms with E-state index in [1.165, 1.54) is 11.5 Å². The summed E-state index contributed by atoms with van der Waals surface area (Å²) in [6.07, 6.45) is 0.832. The molecule has 0 spiro atoms. The third-order valence-electron chi connectivity index (χ3n) is 1.03. The normalized spacial score (nSPS) is 9.62. The number of hydrogen-bond donors (Lipinski definition) is 1. The smallest absolute Gasteiger partial charge is 0.261 e. The molecule has 0 radical (unpaired) electrons. The van der Waals surface area contributed by atoms with Gasteiger partial charge in [-0.25, -0.2) is 0 Å². The van der Waals surface area contributed by atoms with Crippen LogP contribution in [0.1, 0.15) is 12.5 Å². The molecule has 0 aliphatic rings. The third-order valence-corrected chi connectivity index (χ3v) is 1.73. The van der Waals surface area contributed by atoms with Gasteiger partial charge in [0.1, 0.15) is 0 Å². The molecule has 0 aliphatic carbocycles. The molecular weight excluding hydrogens is 122 g/mol.